The molecule has 0 bridgehead atoms. The lowest BCUT2D eigenvalue weighted by molar-refractivity contribution is 0.633. The number of hydrogen-bond acceptors (Lipinski definition) is 2. The molecule has 16 heavy (non-hydrogen) atoms. The van der Waals surface area contributed by atoms with Gasteiger partial charge in [0, 0.05) is 6.42 Å². The average Bonchev–Trinajstić information content (AvgIpc) is 2.80. The molecule has 0 aromatic rings. The van der Waals surface area contributed by atoms with E-state index in [4.69, 9.17) is 10.8 Å². The Morgan fingerprint density at radius 1 is 1.19 bits per heavy atom. The van der Waals surface area contributed by atoms with Gasteiger partial charge >= 0.3 is 0 Å². The molecule has 0 aromatic carbocycles. The Labute approximate surface area is 99.9 Å². The van der Waals surface area contributed by atoms with Crippen molar-refractivity contribution in [2.75, 3.05) is 0 Å². The maximum absolute atomic E-state index is 5.51. The number of unbranched alkanes of at least 4 members (excludes halogenated alkanes) is 4. The molecule has 0 unspecified atom stereocenters. The maximum Gasteiger partial charge on any atom is 0.111 e. The van der Waals surface area contributed by atoms with Gasteiger partial charge in [0.15, 0.2) is 0 Å². The lowest BCUT2D eigenvalue weighted by Gasteiger charge is -2.09. The maximum atomic E-state index is 5.51. The topological polar surface area (TPSA) is 50.4 Å². The highest BCUT2D eigenvalue weighted by atomic mass is 15.3. The van der Waals surface area contributed by atoms with Crippen LogP contribution in [0.2, 0.25) is 0 Å². The molecule has 3 N–H and O–H groups in total. The molecule has 1 rings (SSSR count). The van der Waals surface area contributed by atoms with Crippen molar-refractivity contribution >= 4 is 5.84 Å². The van der Waals surface area contributed by atoms with Gasteiger partial charge in [-0.15, -0.1) is 0 Å². The first-order chi connectivity index (χ1) is 7.86. The van der Waals surface area contributed by atoms with Gasteiger partial charge in [0.1, 0.15) is 5.84 Å². The minimum absolute atomic E-state index is 0.543. The molecular formula is C13H27N3. The highest BCUT2D eigenvalue weighted by Gasteiger charge is 2.14. The van der Waals surface area contributed by atoms with Crippen LogP contribution >= 0.6 is 0 Å². The van der Waals surface area contributed by atoms with Crippen LogP contribution in [-0.4, -0.2) is 11.9 Å². The zero-order valence-corrected chi connectivity index (χ0v) is 10.7. The smallest absolute Gasteiger partial charge is 0.111 e. The number of aliphatic imine (C=N–C) groups is 1. The Morgan fingerprint density at radius 2 is 1.88 bits per heavy atom. The van der Waals surface area contributed by atoms with E-state index in [1.165, 1.54) is 57.8 Å². The van der Waals surface area contributed by atoms with Crippen LogP contribution in [0.3, 0.4) is 0 Å². The van der Waals surface area contributed by atoms with Crippen LogP contribution in [-0.2, 0) is 0 Å². The van der Waals surface area contributed by atoms with Crippen LogP contribution in [0.15, 0.2) is 4.99 Å². The number of amidine groups is 1. The van der Waals surface area contributed by atoms with Crippen molar-refractivity contribution in [2.24, 2.45) is 10.8 Å². The second-order valence-corrected chi connectivity index (χ2v) is 4.82. The van der Waals surface area contributed by atoms with Gasteiger partial charge in [-0.1, -0.05) is 45.4 Å². The summed E-state index contributed by atoms with van der Waals surface area (Å²) >= 11 is 0. The van der Waals surface area contributed by atoms with Gasteiger partial charge in [-0.05, 0) is 19.3 Å². The Kier molecular flexibility index (Phi) is 7.23. The molecule has 0 atom stereocenters. The normalized spacial score (nSPS) is 18.0. The number of nitrogens with two attached hydrogens (primary N) is 1. The van der Waals surface area contributed by atoms with E-state index in [9.17, 15) is 0 Å². The number of rotatable bonds is 7. The number of nitrogens with zero attached hydrogens (tertiary/aromatic N) is 1. The third-order valence-corrected chi connectivity index (χ3v) is 3.35. The van der Waals surface area contributed by atoms with Crippen molar-refractivity contribution in [3.8, 4) is 0 Å². The Balaban J connectivity index is 2.15. The molecule has 3 heteroatoms. The predicted octanol–water partition coefficient (Wildman–Crippen LogP) is 3.15. The van der Waals surface area contributed by atoms with E-state index < -0.39 is 0 Å². The molecule has 0 heterocycles. The molecule has 1 aliphatic carbocycles. The lowest BCUT2D eigenvalue weighted by atomic mass is 10.1. The molecule has 1 saturated carbocycles. The van der Waals surface area contributed by atoms with E-state index in [1.54, 1.807) is 0 Å². The monoisotopic (exact) mass is 225 g/mol. The van der Waals surface area contributed by atoms with Crippen molar-refractivity contribution in [1.29, 1.82) is 0 Å². The van der Waals surface area contributed by atoms with Crippen LogP contribution in [0.1, 0.15) is 71.1 Å². The first-order valence-corrected chi connectivity index (χ1v) is 6.90. The highest BCUT2D eigenvalue weighted by Crippen LogP contribution is 2.21. The van der Waals surface area contributed by atoms with Crippen LogP contribution < -0.4 is 11.3 Å². The molecule has 1 fully saturated rings. The highest BCUT2D eigenvalue weighted by molar-refractivity contribution is 5.81. The van der Waals surface area contributed by atoms with Gasteiger partial charge in [-0.2, -0.15) is 0 Å². The number of hydrogen-bond donors (Lipinski definition) is 2. The SMILES string of the molecule is CCCCCCCC(=NC1CCCC1)NN. The first kappa shape index (κ1) is 13.5. The zero-order valence-electron chi connectivity index (χ0n) is 10.7. The summed E-state index contributed by atoms with van der Waals surface area (Å²) in [4.78, 5) is 4.69. The molecular weight excluding hydrogens is 198 g/mol. The lowest BCUT2D eigenvalue weighted by Crippen LogP contribution is -2.31. The minimum atomic E-state index is 0.543. The first-order valence-electron chi connectivity index (χ1n) is 6.90. The second-order valence-electron chi connectivity index (χ2n) is 4.82. The molecule has 0 saturated heterocycles. The van der Waals surface area contributed by atoms with Crippen molar-refractivity contribution < 1.29 is 0 Å². The molecule has 94 valence electrons. The summed E-state index contributed by atoms with van der Waals surface area (Å²) < 4.78 is 0. The van der Waals surface area contributed by atoms with Gasteiger partial charge in [0.05, 0.1) is 6.04 Å². The Morgan fingerprint density at radius 3 is 2.50 bits per heavy atom. The molecule has 0 radical (unpaired) electrons. The fourth-order valence-electron chi connectivity index (χ4n) is 2.32. The minimum Gasteiger partial charge on any atom is -0.312 e. The Hall–Kier alpha value is -0.570. The fourth-order valence-corrected chi connectivity index (χ4v) is 2.32. The van der Waals surface area contributed by atoms with E-state index in [0.717, 1.165) is 12.3 Å². The van der Waals surface area contributed by atoms with Gasteiger partial charge in [0.25, 0.3) is 0 Å². The fraction of sp³-hybridized carbons (Fsp3) is 0.923. The number of hydrazine groups is 1. The molecule has 1 aliphatic rings. The van der Waals surface area contributed by atoms with Crippen LogP contribution in [0.5, 0.6) is 0 Å². The van der Waals surface area contributed by atoms with Crippen molar-refractivity contribution in [3.63, 3.8) is 0 Å². The summed E-state index contributed by atoms with van der Waals surface area (Å²) in [5, 5.41) is 0. The van der Waals surface area contributed by atoms with Gasteiger partial charge in [-0.3, -0.25) is 4.99 Å². The summed E-state index contributed by atoms with van der Waals surface area (Å²) in [5.41, 5.74) is 2.77. The average molecular weight is 225 g/mol. The largest absolute Gasteiger partial charge is 0.312 e. The van der Waals surface area contributed by atoms with Crippen LogP contribution in [0.25, 0.3) is 0 Å². The summed E-state index contributed by atoms with van der Waals surface area (Å²) in [6, 6.07) is 0.543. The summed E-state index contributed by atoms with van der Waals surface area (Å²) in [6.07, 6.45) is 12.7. The third-order valence-electron chi connectivity index (χ3n) is 3.35. The van der Waals surface area contributed by atoms with E-state index in [1.807, 2.05) is 0 Å². The standard InChI is InChI=1S/C13H27N3/c1-2-3-4-5-6-11-13(16-14)15-12-9-7-8-10-12/h12H,2-11,14H2,1H3,(H,15,16). The number of nitrogens with one attached hydrogen (secondary N) is 1. The van der Waals surface area contributed by atoms with E-state index in [0.29, 0.717) is 6.04 Å². The molecule has 3 nitrogen and oxygen atoms in total. The summed E-state index contributed by atoms with van der Waals surface area (Å²) in [6.45, 7) is 2.24. The molecule has 0 amide bonds. The summed E-state index contributed by atoms with van der Waals surface area (Å²) in [7, 11) is 0. The molecule has 0 aliphatic heterocycles. The van der Waals surface area contributed by atoms with E-state index in [2.05, 4.69) is 12.3 Å². The second kappa shape index (κ2) is 8.57. The molecule has 0 spiro atoms. The third kappa shape index (κ3) is 5.50. The Bertz CT molecular complexity index is 195. The van der Waals surface area contributed by atoms with Gasteiger partial charge in [-0.25, -0.2) is 5.84 Å². The summed E-state index contributed by atoms with van der Waals surface area (Å²) in [5.74, 6) is 6.53. The van der Waals surface area contributed by atoms with Crippen LogP contribution in [0.4, 0.5) is 0 Å². The van der Waals surface area contributed by atoms with Crippen molar-refractivity contribution in [3.05, 3.63) is 0 Å². The zero-order chi connectivity index (χ0) is 11.6. The predicted molar refractivity (Wildman–Crippen MR) is 70.4 cm³/mol. The quantitative estimate of drug-likeness (QED) is 0.230. The van der Waals surface area contributed by atoms with Gasteiger partial charge in [0.2, 0.25) is 0 Å². The van der Waals surface area contributed by atoms with Crippen LogP contribution in [0, 0.1) is 0 Å². The van der Waals surface area contributed by atoms with Crippen molar-refractivity contribution in [2.45, 2.75) is 77.2 Å². The van der Waals surface area contributed by atoms with E-state index in [-0.39, 0.29) is 0 Å². The van der Waals surface area contributed by atoms with Crippen molar-refractivity contribution in [1.82, 2.24) is 5.43 Å². The van der Waals surface area contributed by atoms with E-state index >= 15 is 0 Å². The molecule has 0 aromatic heterocycles. The van der Waals surface area contributed by atoms with Gasteiger partial charge < -0.3 is 5.43 Å².